The van der Waals surface area contributed by atoms with Crippen molar-refractivity contribution in [1.29, 1.82) is 0 Å². The Labute approximate surface area is 193 Å². The summed E-state index contributed by atoms with van der Waals surface area (Å²) in [4.78, 5) is 0. The van der Waals surface area contributed by atoms with Gasteiger partial charge < -0.3 is 9.84 Å². The van der Waals surface area contributed by atoms with E-state index in [1.54, 1.807) is 5.57 Å². The van der Waals surface area contributed by atoms with Gasteiger partial charge in [0.2, 0.25) is 0 Å². The normalized spacial score (nSPS) is 30.3. The molecule has 0 bridgehead atoms. The largest absolute Gasteiger partial charge is 0.385 e. The topological polar surface area (TPSA) is 29.5 Å². The first-order chi connectivity index (χ1) is 14.7. The van der Waals surface area contributed by atoms with Crippen molar-refractivity contribution >= 4 is 0 Å². The minimum absolute atomic E-state index is 0.0628. The Balaban J connectivity index is 1.83. The van der Waals surface area contributed by atoms with Crippen LogP contribution in [0, 0.1) is 5.92 Å². The van der Waals surface area contributed by atoms with Gasteiger partial charge in [0.05, 0.1) is 11.7 Å². The maximum Gasteiger partial charge on any atom is 0.111 e. The Bertz CT molecular complexity index is 670. The number of hydrogen-bond donors (Lipinski definition) is 1. The summed E-state index contributed by atoms with van der Waals surface area (Å²) < 4.78 is 6.94. The highest BCUT2D eigenvalue weighted by Gasteiger charge is 2.48. The van der Waals surface area contributed by atoms with Crippen LogP contribution in [0.5, 0.6) is 0 Å². The molecule has 4 atom stereocenters. The van der Waals surface area contributed by atoms with Crippen molar-refractivity contribution in [3.63, 3.8) is 0 Å². The Morgan fingerprint density at radius 1 is 1.23 bits per heavy atom. The molecule has 2 heteroatoms. The molecule has 0 radical (unpaired) electrons. The number of allylic oxidation sites excluding steroid dienone is 2. The molecule has 4 unspecified atom stereocenters. The molecule has 1 saturated heterocycles. The molecule has 2 rings (SSSR count). The summed E-state index contributed by atoms with van der Waals surface area (Å²) in [5.41, 5.74) is 4.84. The molecule has 1 aliphatic carbocycles. The molecule has 2 nitrogen and oxygen atoms in total. The van der Waals surface area contributed by atoms with Gasteiger partial charge in [-0.2, -0.15) is 0 Å². The maximum absolute atomic E-state index is 10.4. The number of fused-ring (bicyclic) bond motifs is 1. The van der Waals surface area contributed by atoms with E-state index in [9.17, 15) is 5.11 Å². The van der Waals surface area contributed by atoms with E-state index in [2.05, 4.69) is 60.6 Å². The van der Waals surface area contributed by atoms with Crippen LogP contribution in [-0.2, 0) is 4.74 Å². The van der Waals surface area contributed by atoms with Gasteiger partial charge in [-0.3, -0.25) is 0 Å². The van der Waals surface area contributed by atoms with Gasteiger partial charge in [0.1, 0.15) is 5.60 Å². The van der Waals surface area contributed by atoms with Gasteiger partial charge in [-0.25, -0.2) is 0 Å². The average Bonchev–Trinajstić information content (AvgIpc) is 2.73. The molecule has 1 N–H and O–H groups in total. The zero-order valence-electron chi connectivity index (χ0n) is 21.7. The van der Waals surface area contributed by atoms with Crippen LogP contribution in [0.3, 0.4) is 0 Å². The van der Waals surface area contributed by atoms with E-state index in [-0.39, 0.29) is 11.2 Å². The summed E-state index contributed by atoms with van der Waals surface area (Å²) in [6, 6.07) is 0. The van der Waals surface area contributed by atoms with Gasteiger partial charge >= 0.3 is 0 Å². The van der Waals surface area contributed by atoms with Crippen LogP contribution in [-0.4, -0.2) is 22.4 Å². The summed E-state index contributed by atoms with van der Waals surface area (Å²) >= 11 is 0. The zero-order valence-corrected chi connectivity index (χ0v) is 21.7. The number of rotatable bonds is 12. The van der Waals surface area contributed by atoms with Crippen molar-refractivity contribution in [3.8, 4) is 0 Å². The third-order valence-corrected chi connectivity index (χ3v) is 8.09. The third-order valence-electron chi connectivity index (χ3n) is 8.09. The fraction of sp³-hybridized carbons (Fsp3) is 0.793. The van der Waals surface area contributed by atoms with Crippen LogP contribution in [0.15, 0.2) is 34.4 Å². The standard InChI is InChI=1S/C29H50O2/c1-8-10-11-14-22(3)15-12-16-23(4)17-13-19-28(7)20-18-26-21-27(30)24(5)25(6)29(26,9-2)31-28/h15,21,23,27,30H,8-14,16-20H2,1-7H3. The van der Waals surface area contributed by atoms with E-state index in [0.717, 1.165) is 37.2 Å². The zero-order chi connectivity index (χ0) is 23.1. The van der Waals surface area contributed by atoms with E-state index >= 15 is 0 Å². The van der Waals surface area contributed by atoms with Gasteiger partial charge in [0, 0.05) is 0 Å². The predicted octanol–water partition coefficient (Wildman–Crippen LogP) is 8.45. The van der Waals surface area contributed by atoms with Gasteiger partial charge in [0.25, 0.3) is 0 Å². The van der Waals surface area contributed by atoms with E-state index in [1.807, 2.05) is 0 Å². The summed E-state index contributed by atoms with van der Waals surface area (Å²) in [7, 11) is 0. The molecule has 0 amide bonds. The fourth-order valence-electron chi connectivity index (χ4n) is 5.61. The summed E-state index contributed by atoms with van der Waals surface area (Å²) in [6.07, 6.45) is 18.6. The second-order valence-corrected chi connectivity index (χ2v) is 10.8. The highest BCUT2D eigenvalue weighted by Crippen LogP contribution is 2.50. The van der Waals surface area contributed by atoms with Gasteiger partial charge in [-0.1, -0.05) is 58.1 Å². The minimum atomic E-state index is -0.437. The summed E-state index contributed by atoms with van der Waals surface area (Å²) in [6.45, 7) is 15.8. The number of ether oxygens (including phenoxy) is 1. The van der Waals surface area contributed by atoms with Crippen molar-refractivity contribution in [3.05, 3.63) is 34.4 Å². The van der Waals surface area contributed by atoms with Crippen LogP contribution in [0.1, 0.15) is 126 Å². The SMILES string of the molecule is CCCCCC(C)=CCCC(C)CCCC1(C)CCC2=CC(O)C(C)=C(C)C2(CC)O1. The average molecular weight is 431 g/mol. The second kappa shape index (κ2) is 11.8. The summed E-state index contributed by atoms with van der Waals surface area (Å²) in [5, 5.41) is 10.4. The van der Waals surface area contributed by atoms with Crippen molar-refractivity contribution in [2.45, 2.75) is 143 Å². The Morgan fingerprint density at radius 3 is 2.65 bits per heavy atom. The lowest BCUT2D eigenvalue weighted by atomic mass is 9.70. The first kappa shape index (κ1) is 26.4. The molecule has 0 aromatic rings. The first-order valence-electron chi connectivity index (χ1n) is 13.1. The van der Waals surface area contributed by atoms with Crippen molar-refractivity contribution in [2.75, 3.05) is 0 Å². The van der Waals surface area contributed by atoms with Crippen LogP contribution in [0.2, 0.25) is 0 Å². The molecule has 1 aliphatic heterocycles. The molecule has 178 valence electrons. The van der Waals surface area contributed by atoms with Crippen LogP contribution >= 0.6 is 0 Å². The van der Waals surface area contributed by atoms with E-state index in [4.69, 9.17) is 4.74 Å². The Morgan fingerprint density at radius 2 is 1.97 bits per heavy atom. The van der Waals surface area contributed by atoms with E-state index in [1.165, 1.54) is 62.5 Å². The van der Waals surface area contributed by atoms with Crippen molar-refractivity contribution in [1.82, 2.24) is 0 Å². The lowest BCUT2D eigenvalue weighted by Crippen LogP contribution is -2.51. The van der Waals surface area contributed by atoms with Crippen LogP contribution in [0.25, 0.3) is 0 Å². The molecule has 0 spiro atoms. The first-order valence-corrected chi connectivity index (χ1v) is 13.1. The molecule has 31 heavy (non-hydrogen) atoms. The fourth-order valence-corrected chi connectivity index (χ4v) is 5.61. The monoisotopic (exact) mass is 430 g/mol. The smallest absolute Gasteiger partial charge is 0.111 e. The van der Waals surface area contributed by atoms with Gasteiger partial charge in [-0.15, -0.1) is 0 Å². The lowest BCUT2D eigenvalue weighted by Gasteiger charge is -2.51. The maximum atomic E-state index is 10.4. The number of unbranched alkanes of at least 4 members (excludes halogenated alkanes) is 2. The van der Waals surface area contributed by atoms with Crippen LogP contribution in [0.4, 0.5) is 0 Å². The molecule has 0 aromatic heterocycles. The lowest BCUT2D eigenvalue weighted by molar-refractivity contribution is -0.144. The third kappa shape index (κ3) is 6.81. The predicted molar refractivity (Wildman–Crippen MR) is 134 cm³/mol. The number of hydrogen-bond acceptors (Lipinski definition) is 2. The van der Waals surface area contributed by atoms with Gasteiger partial charge in [-0.05, 0) is 108 Å². The molecular formula is C29H50O2. The molecule has 0 saturated carbocycles. The minimum Gasteiger partial charge on any atom is -0.385 e. The Hall–Kier alpha value is -0.860. The Kier molecular flexibility index (Phi) is 10.1. The molecule has 0 aromatic carbocycles. The van der Waals surface area contributed by atoms with E-state index < -0.39 is 6.10 Å². The molecular weight excluding hydrogens is 380 g/mol. The van der Waals surface area contributed by atoms with Crippen molar-refractivity contribution in [2.24, 2.45) is 5.92 Å². The van der Waals surface area contributed by atoms with E-state index in [0.29, 0.717) is 0 Å². The molecule has 1 heterocycles. The van der Waals surface area contributed by atoms with Crippen molar-refractivity contribution < 1.29 is 9.84 Å². The highest BCUT2D eigenvalue weighted by atomic mass is 16.5. The quantitative estimate of drug-likeness (QED) is 0.248. The van der Waals surface area contributed by atoms with Gasteiger partial charge in [0.15, 0.2) is 0 Å². The molecule has 1 fully saturated rings. The van der Waals surface area contributed by atoms with Crippen LogP contribution < -0.4 is 0 Å². The molecule has 2 aliphatic rings. The second-order valence-electron chi connectivity index (χ2n) is 10.8. The summed E-state index contributed by atoms with van der Waals surface area (Å²) in [5.74, 6) is 0.774. The number of aliphatic hydroxyl groups excluding tert-OH is 1. The number of aliphatic hydroxyl groups is 1. The highest BCUT2D eigenvalue weighted by molar-refractivity contribution is 5.44.